The molecule has 0 saturated carbocycles. The summed E-state index contributed by atoms with van der Waals surface area (Å²) in [5, 5.41) is 9.49. The van der Waals surface area contributed by atoms with Crippen LogP contribution in [0, 0.1) is 6.92 Å². The maximum absolute atomic E-state index is 12.0. The van der Waals surface area contributed by atoms with Crippen molar-refractivity contribution in [2.45, 2.75) is 45.2 Å². The van der Waals surface area contributed by atoms with Crippen molar-refractivity contribution >= 4 is 29.1 Å². The predicted molar refractivity (Wildman–Crippen MR) is 88.1 cm³/mol. The SMILES string of the molecule is Cc1ccc(NC(=O)C[C@@H](C)N[C@@H]2CCCNC2=O)cc1Cl. The van der Waals surface area contributed by atoms with E-state index in [1.807, 2.05) is 26.0 Å². The second kappa shape index (κ2) is 7.61. The number of benzene rings is 1. The smallest absolute Gasteiger partial charge is 0.237 e. The summed E-state index contributed by atoms with van der Waals surface area (Å²) < 4.78 is 0. The molecule has 2 amide bonds. The molecule has 1 fully saturated rings. The number of amides is 2. The Kier molecular flexibility index (Phi) is 5.80. The van der Waals surface area contributed by atoms with E-state index < -0.39 is 0 Å². The van der Waals surface area contributed by atoms with Crippen molar-refractivity contribution in [1.29, 1.82) is 0 Å². The fraction of sp³-hybridized carbons (Fsp3) is 0.500. The number of carbonyl (C=O) groups is 2. The van der Waals surface area contributed by atoms with Gasteiger partial charge in [-0.15, -0.1) is 0 Å². The topological polar surface area (TPSA) is 70.2 Å². The van der Waals surface area contributed by atoms with Crippen LogP contribution in [0.4, 0.5) is 5.69 Å². The highest BCUT2D eigenvalue weighted by Gasteiger charge is 2.23. The highest BCUT2D eigenvalue weighted by Crippen LogP contribution is 2.20. The van der Waals surface area contributed by atoms with Gasteiger partial charge in [-0.1, -0.05) is 17.7 Å². The summed E-state index contributed by atoms with van der Waals surface area (Å²) >= 11 is 6.04. The molecular weight excluding hydrogens is 302 g/mol. The molecule has 0 bridgehead atoms. The Morgan fingerprint density at radius 3 is 2.95 bits per heavy atom. The second-order valence-electron chi connectivity index (χ2n) is 5.77. The van der Waals surface area contributed by atoms with Crippen molar-refractivity contribution in [1.82, 2.24) is 10.6 Å². The van der Waals surface area contributed by atoms with E-state index in [4.69, 9.17) is 11.6 Å². The van der Waals surface area contributed by atoms with Crippen LogP contribution >= 0.6 is 11.6 Å². The van der Waals surface area contributed by atoms with Crippen LogP contribution in [0.3, 0.4) is 0 Å². The van der Waals surface area contributed by atoms with Crippen LogP contribution in [0.25, 0.3) is 0 Å². The quantitative estimate of drug-likeness (QED) is 0.778. The van der Waals surface area contributed by atoms with Gasteiger partial charge in [0.25, 0.3) is 0 Å². The van der Waals surface area contributed by atoms with Gasteiger partial charge in [0, 0.05) is 29.7 Å². The Balaban J connectivity index is 1.83. The Morgan fingerprint density at radius 2 is 2.27 bits per heavy atom. The van der Waals surface area contributed by atoms with Crippen LogP contribution in [-0.2, 0) is 9.59 Å². The first-order chi connectivity index (χ1) is 10.5. The number of anilines is 1. The normalized spacial score (nSPS) is 19.4. The summed E-state index contributed by atoms with van der Waals surface area (Å²) in [6.45, 7) is 4.55. The fourth-order valence-corrected chi connectivity index (χ4v) is 2.67. The summed E-state index contributed by atoms with van der Waals surface area (Å²) in [6, 6.07) is 5.15. The predicted octanol–water partition coefficient (Wildman–Crippen LogP) is 2.23. The third kappa shape index (κ3) is 4.71. The van der Waals surface area contributed by atoms with E-state index in [0.717, 1.165) is 24.9 Å². The average molecular weight is 324 g/mol. The van der Waals surface area contributed by atoms with Gasteiger partial charge in [-0.25, -0.2) is 0 Å². The van der Waals surface area contributed by atoms with Crippen LogP contribution < -0.4 is 16.0 Å². The van der Waals surface area contributed by atoms with Crippen molar-refractivity contribution in [3.63, 3.8) is 0 Å². The largest absolute Gasteiger partial charge is 0.355 e. The van der Waals surface area contributed by atoms with Gasteiger partial charge in [-0.3, -0.25) is 9.59 Å². The zero-order valence-electron chi connectivity index (χ0n) is 12.9. The first kappa shape index (κ1) is 16.8. The molecule has 6 heteroatoms. The van der Waals surface area contributed by atoms with E-state index in [2.05, 4.69) is 16.0 Å². The van der Waals surface area contributed by atoms with Crippen molar-refractivity contribution in [3.05, 3.63) is 28.8 Å². The third-order valence-corrected chi connectivity index (χ3v) is 4.13. The summed E-state index contributed by atoms with van der Waals surface area (Å²) in [6.07, 6.45) is 2.07. The molecule has 1 aliphatic rings. The van der Waals surface area contributed by atoms with Crippen LogP contribution in [0.2, 0.25) is 5.02 Å². The second-order valence-corrected chi connectivity index (χ2v) is 6.18. The Bertz CT molecular complexity index is 562. The summed E-state index contributed by atoms with van der Waals surface area (Å²) in [5.74, 6) is -0.0834. The lowest BCUT2D eigenvalue weighted by molar-refractivity contribution is -0.125. The zero-order chi connectivity index (χ0) is 16.1. The number of halogens is 1. The highest BCUT2D eigenvalue weighted by atomic mass is 35.5. The molecule has 1 aromatic rings. The van der Waals surface area contributed by atoms with Crippen molar-refractivity contribution < 1.29 is 9.59 Å². The van der Waals surface area contributed by atoms with Crippen LogP contribution in [0.1, 0.15) is 31.7 Å². The van der Waals surface area contributed by atoms with Crippen LogP contribution in [0.5, 0.6) is 0 Å². The van der Waals surface area contributed by atoms with Gasteiger partial charge in [-0.2, -0.15) is 0 Å². The van der Waals surface area contributed by atoms with E-state index in [-0.39, 0.29) is 23.9 Å². The van der Waals surface area contributed by atoms with Crippen LogP contribution in [-0.4, -0.2) is 30.4 Å². The third-order valence-electron chi connectivity index (χ3n) is 3.72. The molecule has 1 aliphatic heterocycles. The average Bonchev–Trinajstić information content (AvgIpc) is 2.45. The maximum Gasteiger partial charge on any atom is 0.237 e. The minimum Gasteiger partial charge on any atom is -0.355 e. The first-order valence-corrected chi connectivity index (χ1v) is 7.93. The van der Waals surface area contributed by atoms with Gasteiger partial charge in [-0.05, 0) is 44.4 Å². The molecule has 0 unspecified atom stereocenters. The molecule has 0 radical (unpaired) electrons. The van der Waals surface area contributed by atoms with Gasteiger partial charge in [0.1, 0.15) is 0 Å². The van der Waals surface area contributed by atoms with E-state index in [1.165, 1.54) is 0 Å². The molecule has 1 aromatic carbocycles. The molecule has 1 heterocycles. The van der Waals surface area contributed by atoms with Gasteiger partial charge < -0.3 is 16.0 Å². The summed E-state index contributed by atoms with van der Waals surface area (Å²) in [7, 11) is 0. The van der Waals surface area contributed by atoms with Gasteiger partial charge in [0.2, 0.25) is 11.8 Å². The Morgan fingerprint density at radius 1 is 1.50 bits per heavy atom. The van der Waals surface area contributed by atoms with E-state index in [0.29, 0.717) is 17.1 Å². The monoisotopic (exact) mass is 323 g/mol. The molecule has 0 spiro atoms. The molecule has 120 valence electrons. The highest BCUT2D eigenvalue weighted by molar-refractivity contribution is 6.31. The zero-order valence-corrected chi connectivity index (χ0v) is 13.7. The molecule has 3 N–H and O–H groups in total. The molecule has 22 heavy (non-hydrogen) atoms. The Labute approximate surface area is 135 Å². The molecule has 2 rings (SSSR count). The first-order valence-electron chi connectivity index (χ1n) is 7.55. The van der Waals surface area contributed by atoms with Crippen molar-refractivity contribution in [3.8, 4) is 0 Å². The minimum absolute atomic E-state index is 0.0174. The van der Waals surface area contributed by atoms with Gasteiger partial charge in [0.05, 0.1) is 6.04 Å². The lowest BCUT2D eigenvalue weighted by Crippen LogP contribution is -2.51. The van der Waals surface area contributed by atoms with E-state index in [1.54, 1.807) is 6.07 Å². The van der Waals surface area contributed by atoms with E-state index >= 15 is 0 Å². The van der Waals surface area contributed by atoms with Gasteiger partial charge in [0.15, 0.2) is 0 Å². The number of piperidine rings is 1. The lowest BCUT2D eigenvalue weighted by Gasteiger charge is -2.26. The number of carbonyl (C=O) groups excluding carboxylic acids is 2. The van der Waals surface area contributed by atoms with Crippen molar-refractivity contribution in [2.24, 2.45) is 0 Å². The summed E-state index contributed by atoms with van der Waals surface area (Å²) in [5.41, 5.74) is 1.65. The molecule has 2 atom stereocenters. The molecule has 0 aliphatic carbocycles. The number of aryl methyl sites for hydroxylation is 1. The Hall–Kier alpha value is -1.59. The number of hydrogen-bond acceptors (Lipinski definition) is 3. The van der Waals surface area contributed by atoms with E-state index in [9.17, 15) is 9.59 Å². The number of rotatable bonds is 5. The number of nitrogens with one attached hydrogen (secondary N) is 3. The molecule has 1 saturated heterocycles. The fourth-order valence-electron chi connectivity index (χ4n) is 2.49. The van der Waals surface area contributed by atoms with Gasteiger partial charge >= 0.3 is 0 Å². The maximum atomic E-state index is 12.0. The molecular formula is C16H22ClN3O2. The minimum atomic E-state index is -0.203. The lowest BCUT2D eigenvalue weighted by atomic mass is 10.0. The molecule has 0 aromatic heterocycles. The summed E-state index contributed by atoms with van der Waals surface area (Å²) in [4.78, 5) is 23.7. The van der Waals surface area contributed by atoms with Crippen molar-refractivity contribution in [2.75, 3.05) is 11.9 Å². The molecule has 5 nitrogen and oxygen atoms in total. The number of hydrogen-bond donors (Lipinski definition) is 3. The standard InChI is InChI=1S/C16H22ClN3O2/c1-10-5-6-12(9-13(10)17)20-15(21)8-11(2)19-14-4-3-7-18-16(14)22/h5-6,9,11,14,19H,3-4,7-8H2,1-2H3,(H,18,22)(H,20,21)/t11-,14-/m1/s1. The van der Waals surface area contributed by atoms with Crippen LogP contribution in [0.15, 0.2) is 18.2 Å².